The molecule has 0 aliphatic carbocycles. The molecule has 2 atom stereocenters. The Hall–Kier alpha value is -0.990. The van der Waals surface area contributed by atoms with E-state index in [9.17, 15) is 4.79 Å². The Morgan fingerprint density at radius 1 is 1.38 bits per heavy atom. The number of carboxylic acids is 1. The van der Waals surface area contributed by atoms with Gasteiger partial charge in [-0.05, 0) is 33.1 Å². The second-order valence-electron chi connectivity index (χ2n) is 3.73. The monoisotopic (exact) mass is 183 g/mol. The molecule has 1 rings (SSSR count). The molecule has 0 aromatic heterocycles. The van der Waals surface area contributed by atoms with Crippen molar-refractivity contribution in [2.75, 3.05) is 0 Å². The predicted octanol–water partition coefficient (Wildman–Crippen LogP) is 1.85. The van der Waals surface area contributed by atoms with Crippen LogP contribution < -0.4 is 0 Å². The Balaban J connectivity index is 2.58. The fraction of sp³-hybridized carbons (Fsp3) is 0.700. The molecule has 0 spiro atoms. The van der Waals surface area contributed by atoms with Crippen LogP contribution in [0.5, 0.6) is 0 Å². The first-order chi connectivity index (χ1) is 6.11. The van der Waals surface area contributed by atoms with Crippen molar-refractivity contribution in [1.82, 2.24) is 4.90 Å². The van der Waals surface area contributed by atoms with Crippen LogP contribution in [0.4, 0.5) is 0 Å². The van der Waals surface area contributed by atoms with Gasteiger partial charge in [0.15, 0.2) is 0 Å². The summed E-state index contributed by atoms with van der Waals surface area (Å²) in [5, 5.41) is 8.50. The first-order valence-corrected chi connectivity index (χ1v) is 4.80. The van der Waals surface area contributed by atoms with Gasteiger partial charge in [0, 0.05) is 24.4 Å². The van der Waals surface area contributed by atoms with E-state index in [1.807, 2.05) is 0 Å². The third-order valence-corrected chi connectivity index (χ3v) is 2.65. The minimum atomic E-state index is -0.870. The molecule has 1 fully saturated rings. The van der Waals surface area contributed by atoms with E-state index in [0.29, 0.717) is 12.1 Å². The molecule has 1 N–H and O–H groups in total. The van der Waals surface area contributed by atoms with E-state index in [-0.39, 0.29) is 0 Å². The van der Waals surface area contributed by atoms with E-state index in [4.69, 9.17) is 5.11 Å². The van der Waals surface area contributed by atoms with Crippen molar-refractivity contribution in [2.45, 2.75) is 45.2 Å². The van der Waals surface area contributed by atoms with Crippen molar-refractivity contribution >= 4 is 5.97 Å². The Morgan fingerprint density at radius 2 is 1.92 bits per heavy atom. The molecule has 1 saturated heterocycles. The Bertz CT molecular complexity index is 203. The van der Waals surface area contributed by atoms with E-state index in [1.165, 1.54) is 12.5 Å². The summed E-state index contributed by atoms with van der Waals surface area (Å²) in [6, 6.07) is 0.943. The molecular weight excluding hydrogens is 166 g/mol. The zero-order chi connectivity index (χ0) is 9.84. The highest BCUT2D eigenvalue weighted by molar-refractivity contribution is 5.79. The topological polar surface area (TPSA) is 40.5 Å². The lowest BCUT2D eigenvalue weighted by Crippen LogP contribution is -2.39. The van der Waals surface area contributed by atoms with Gasteiger partial charge in [-0.25, -0.2) is 4.79 Å². The number of piperidine rings is 1. The number of carbonyl (C=O) groups is 1. The normalized spacial score (nSPS) is 29.5. The van der Waals surface area contributed by atoms with Gasteiger partial charge in [-0.2, -0.15) is 0 Å². The number of aliphatic carboxylic acids is 1. The van der Waals surface area contributed by atoms with Crippen LogP contribution in [0.15, 0.2) is 12.3 Å². The highest BCUT2D eigenvalue weighted by Gasteiger charge is 2.21. The van der Waals surface area contributed by atoms with Crippen molar-refractivity contribution in [3.63, 3.8) is 0 Å². The summed E-state index contributed by atoms with van der Waals surface area (Å²) >= 11 is 0. The lowest BCUT2D eigenvalue weighted by atomic mass is 9.98. The van der Waals surface area contributed by atoms with Crippen LogP contribution >= 0.6 is 0 Å². The van der Waals surface area contributed by atoms with E-state index < -0.39 is 5.97 Å². The zero-order valence-corrected chi connectivity index (χ0v) is 8.23. The van der Waals surface area contributed by atoms with Gasteiger partial charge in [0.25, 0.3) is 0 Å². The van der Waals surface area contributed by atoms with Gasteiger partial charge in [-0.15, -0.1) is 0 Å². The molecular formula is C10H17NO2. The molecule has 3 heteroatoms. The molecule has 2 unspecified atom stereocenters. The second-order valence-corrected chi connectivity index (χ2v) is 3.73. The molecule has 0 bridgehead atoms. The number of likely N-dealkylation sites (tertiary alicyclic amines) is 1. The van der Waals surface area contributed by atoms with E-state index >= 15 is 0 Å². The van der Waals surface area contributed by atoms with Crippen LogP contribution in [-0.4, -0.2) is 28.1 Å². The number of nitrogens with zero attached hydrogens (tertiary/aromatic N) is 1. The SMILES string of the molecule is CC1CCCC(C)N1C=CC(=O)O. The minimum Gasteiger partial charge on any atom is -0.478 e. The first-order valence-electron chi connectivity index (χ1n) is 4.80. The molecule has 0 saturated carbocycles. The van der Waals surface area contributed by atoms with Gasteiger partial charge in [-0.1, -0.05) is 0 Å². The third kappa shape index (κ3) is 2.76. The van der Waals surface area contributed by atoms with Crippen molar-refractivity contribution in [3.8, 4) is 0 Å². The fourth-order valence-corrected chi connectivity index (χ4v) is 1.88. The van der Waals surface area contributed by atoms with Gasteiger partial charge in [0.05, 0.1) is 0 Å². The highest BCUT2D eigenvalue weighted by Crippen LogP contribution is 2.22. The van der Waals surface area contributed by atoms with Gasteiger partial charge < -0.3 is 10.0 Å². The van der Waals surface area contributed by atoms with Crippen LogP contribution in [0.2, 0.25) is 0 Å². The average molecular weight is 183 g/mol. The summed E-state index contributed by atoms with van der Waals surface area (Å²) in [6.45, 7) is 4.28. The summed E-state index contributed by atoms with van der Waals surface area (Å²) in [5.74, 6) is -0.870. The van der Waals surface area contributed by atoms with Crippen LogP contribution in [-0.2, 0) is 4.79 Å². The van der Waals surface area contributed by atoms with Crippen LogP contribution in [0.1, 0.15) is 33.1 Å². The quantitative estimate of drug-likeness (QED) is 0.664. The van der Waals surface area contributed by atoms with E-state index in [2.05, 4.69) is 18.7 Å². The summed E-state index contributed by atoms with van der Waals surface area (Å²) in [5.41, 5.74) is 0. The fourth-order valence-electron chi connectivity index (χ4n) is 1.88. The van der Waals surface area contributed by atoms with Crippen LogP contribution in [0, 0.1) is 0 Å². The zero-order valence-electron chi connectivity index (χ0n) is 8.23. The number of carboxylic acid groups (broad SMARTS) is 1. The molecule has 0 radical (unpaired) electrons. The summed E-state index contributed by atoms with van der Waals surface area (Å²) in [7, 11) is 0. The lowest BCUT2D eigenvalue weighted by molar-refractivity contribution is -0.131. The molecule has 0 aromatic rings. The summed E-state index contributed by atoms with van der Waals surface area (Å²) < 4.78 is 0. The van der Waals surface area contributed by atoms with Gasteiger partial charge in [0.2, 0.25) is 0 Å². The Labute approximate surface area is 79.0 Å². The minimum absolute atomic E-state index is 0.472. The molecule has 74 valence electrons. The van der Waals surface area contributed by atoms with Crippen LogP contribution in [0.3, 0.4) is 0 Å². The number of rotatable bonds is 2. The lowest BCUT2D eigenvalue weighted by Gasteiger charge is -2.38. The van der Waals surface area contributed by atoms with E-state index in [1.54, 1.807) is 6.20 Å². The Morgan fingerprint density at radius 3 is 2.38 bits per heavy atom. The highest BCUT2D eigenvalue weighted by atomic mass is 16.4. The van der Waals surface area contributed by atoms with Crippen molar-refractivity contribution in [3.05, 3.63) is 12.3 Å². The van der Waals surface area contributed by atoms with Crippen LogP contribution in [0.25, 0.3) is 0 Å². The maximum Gasteiger partial charge on any atom is 0.329 e. The van der Waals surface area contributed by atoms with Crippen molar-refractivity contribution in [2.24, 2.45) is 0 Å². The van der Waals surface area contributed by atoms with Gasteiger partial charge in [0.1, 0.15) is 0 Å². The molecule has 13 heavy (non-hydrogen) atoms. The molecule has 1 aliphatic rings. The summed E-state index contributed by atoms with van der Waals surface area (Å²) in [6.07, 6.45) is 6.50. The van der Waals surface area contributed by atoms with Gasteiger partial charge >= 0.3 is 5.97 Å². The molecule has 1 aliphatic heterocycles. The predicted molar refractivity (Wildman–Crippen MR) is 51.4 cm³/mol. The number of hydrogen-bond donors (Lipinski definition) is 1. The molecule has 3 nitrogen and oxygen atoms in total. The molecule has 1 heterocycles. The average Bonchev–Trinajstić information content (AvgIpc) is 2.03. The maximum absolute atomic E-state index is 10.3. The first kappa shape index (κ1) is 10.1. The standard InChI is InChI=1S/C10H17NO2/c1-8-4-3-5-9(2)11(8)7-6-10(12)13/h6-9H,3-5H2,1-2H3,(H,12,13). The second kappa shape index (κ2) is 4.30. The van der Waals surface area contributed by atoms with Gasteiger partial charge in [-0.3, -0.25) is 0 Å². The maximum atomic E-state index is 10.3. The smallest absolute Gasteiger partial charge is 0.329 e. The van der Waals surface area contributed by atoms with E-state index in [0.717, 1.165) is 12.8 Å². The van der Waals surface area contributed by atoms with Crippen molar-refractivity contribution < 1.29 is 9.90 Å². The number of hydrogen-bond acceptors (Lipinski definition) is 2. The third-order valence-electron chi connectivity index (χ3n) is 2.65. The largest absolute Gasteiger partial charge is 0.478 e. The van der Waals surface area contributed by atoms with Crippen molar-refractivity contribution in [1.29, 1.82) is 0 Å². The summed E-state index contributed by atoms with van der Waals surface area (Å²) in [4.78, 5) is 12.5. The molecule has 0 aromatic carbocycles. The Kier molecular flexibility index (Phi) is 3.34. The molecule has 0 amide bonds.